The van der Waals surface area contributed by atoms with Gasteiger partial charge in [-0.1, -0.05) is 31.2 Å². The molecule has 0 saturated carbocycles. The summed E-state index contributed by atoms with van der Waals surface area (Å²) in [5, 5.41) is 9.39. The molecular formula is C16H22N2OS. The maximum Gasteiger partial charge on any atom is 0.120 e. The van der Waals surface area contributed by atoms with Crippen LogP contribution in [0.25, 0.3) is 5.76 Å². The number of piperidine rings is 2. The van der Waals surface area contributed by atoms with Crippen molar-refractivity contribution >= 4 is 17.7 Å². The Morgan fingerprint density at radius 3 is 2.65 bits per heavy atom. The minimum atomic E-state index is 0.287. The number of rotatable bonds is 4. The minimum Gasteiger partial charge on any atom is -0.490 e. The van der Waals surface area contributed by atoms with Gasteiger partial charge in [0.05, 0.1) is 0 Å². The highest BCUT2D eigenvalue weighted by Gasteiger charge is 2.32. The Balaban J connectivity index is 1.67. The highest BCUT2D eigenvalue weighted by molar-refractivity contribution is 7.97. The van der Waals surface area contributed by atoms with Crippen LogP contribution < -0.4 is 10.5 Å². The Labute approximate surface area is 125 Å². The van der Waals surface area contributed by atoms with Crippen LogP contribution in [-0.4, -0.2) is 18.2 Å². The van der Waals surface area contributed by atoms with Crippen LogP contribution in [0.1, 0.15) is 37.7 Å². The summed E-state index contributed by atoms with van der Waals surface area (Å²) in [5.41, 5.74) is 1.02. The molecule has 3 atom stereocenters. The van der Waals surface area contributed by atoms with Crippen LogP contribution in [0.3, 0.4) is 0 Å². The smallest absolute Gasteiger partial charge is 0.120 e. The molecule has 2 heterocycles. The molecule has 3 rings (SSSR count). The lowest BCUT2D eigenvalue weighted by Gasteiger charge is -2.40. The lowest BCUT2D eigenvalue weighted by atomic mass is 9.85. The summed E-state index contributed by atoms with van der Waals surface area (Å²) in [6.45, 7) is 4.11. The molecule has 0 amide bonds. The first-order chi connectivity index (χ1) is 9.76. The van der Waals surface area contributed by atoms with E-state index in [0.29, 0.717) is 12.1 Å². The second kappa shape index (κ2) is 6.20. The average molecular weight is 290 g/mol. The minimum absolute atomic E-state index is 0.287. The molecule has 2 aliphatic rings. The van der Waals surface area contributed by atoms with Gasteiger partial charge in [-0.3, -0.25) is 5.14 Å². The van der Waals surface area contributed by atoms with Crippen molar-refractivity contribution < 1.29 is 4.74 Å². The Hall–Kier alpha value is -0.970. The van der Waals surface area contributed by atoms with Crippen molar-refractivity contribution in [3.05, 3.63) is 36.4 Å². The van der Waals surface area contributed by atoms with Gasteiger partial charge in [-0.25, -0.2) is 0 Å². The van der Waals surface area contributed by atoms with Crippen molar-refractivity contribution in [1.82, 2.24) is 5.32 Å². The number of ether oxygens (including phenoxy) is 1. The molecule has 4 heteroatoms. The molecule has 1 aromatic rings. The van der Waals surface area contributed by atoms with Crippen LogP contribution in [0.4, 0.5) is 0 Å². The van der Waals surface area contributed by atoms with E-state index in [1.165, 1.54) is 31.2 Å². The monoisotopic (exact) mass is 290 g/mol. The molecular weight excluding hydrogens is 268 g/mol. The van der Waals surface area contributed by atoms with Crippen LogP contribution in [0.5, 0.6) is 0 Å². The summed E-state index contributed by atoms with van der Waals surface area (Å²) in [4.78, 5) is 1.02. The van der Waals surface area contributed by atoms with Crippen molar-refractivity contribution in [2.24, 2.45) is 5.14 Å². The van der Waals surface area contributed by atoms with Crippen LogP contribution in [0.2, 0.25) is 0 Å². The van der Waals surface area contributed by atoms with Crippen molar-refractivity contribution in [1.29, 1.82) is 0 Å². The Morgan fingerprint density at radius 1 is 1.25 bits per heavy atom. The SMILES string of the molecule is C=C(OC1C[C@H]2CCC[C@@H](C1)N2)c1ccccc1SN. The molecule has 20 heavy (non-hydrogen) atoms. The normalized spacial score (nSPS) is 28.9. The van der Waals surface area contributed by atoms with Gasteiger partial charge < -0.3 is 10.1 Å². The maximum atomic E-state index is 6.15. The highest BCUT2D eigenvalue weighted by Crippen LogP contribution is 2.32. The molecule has 3 nitrogen and oxygen atoms in total. The summed E-state index contributed by atoms with van der Waals surface area (Å²) < 4.78 is 6.15. The van der Waals surface area contributed by atoms with E-state index in [4.69, 9.17) is 9.88 Å². The van der Waals surface area contributed by atoms with Gasteiger partial charge in [-0.05, 0) is 43.7 Å². The Kier molecular flexibility index (Phi) is 4.34. The Bertz CT molecular complexity index is 479. The third-order valence-electron chi connectivity index (χ3n) is 4.29. The molecule has 2 bridgehead atoms. The average Bonchev–Trinajstić information content (AvgIpc) is 2.46. The molecule has 1 aromatic carbocycles. The molecule has 3 N–H and O–H groups in total. The van der Waals surface area contributed by atoms with E-state index in [9.17, 15) is 0 Å². The molecule has 0 aromatic heterocycles. The van der Waals surface area contributed by atoms with E-state index in [0.717, 1.165) is 29.1 Å². The first-order valence-corrected chi connectivity index (χ1v) is 8.22. The number of hydrogen-bond acceptors (Lipinski definition) is 4. The lowest BCUT2D eigenvalue weighted by Crippen LogP contribution is -2.50. The molecule has 0 spiro atoms. The first kappa shape index (κ1) is 14.0. The molecule has 2 aliphatic heterocycles. The third kappa shape index (κ3) is 3.03. The quantitative estimate of drug-likeness (QED) is 0.660. The molecule has 1 unspecified atom stereocenters. The topological polar surface area (TPSA) is 47.3 Å². The largest absolute Gasteiger partial charge is 0.490 e. The van der Waals surface area contributed by atoms with Crippen molar-refractivity contribution in [2.45, 2.75) is 55.2 Å². The zero-order valence-electron chi connectivity index (χ0n) is 11.7. The van der Waals surface area contributed by atoms with E-state index >= 15 is 0 Å². The maximum absolute atomic E-state index is 6.15. The lowest BCUT2D eigenvalue weighted by molar-refractivity contribution is 0.0721. The van der Waals surface area contributed by atoms with Gasteiger partial charge in [0.1, 0.15) is 11.9 Å². The van der Waals surface area contributed by atoms with E-state index < -0.39 is 0 Å². The number of hydrogen-bond donors (Lipinski definition) is 2. The fourth-order valence-corrected chi connectivity index (χ4v) is 3.84. The number of fused-ring (bicyclic) bond motifs is 2. The molecule has 2 saturated heterocycles. The van der Waals surface area contributed by atoms with Crippen molar-refractivity contribution in [2.75, 3.05) is 0 Å². The van der Waals surface area contributed by atoms with Gasteiger partial charge in [-0.15, -0.1) is 0 Å². The summed E-state index contributed by atoms with van der Waals surface area (Å²) in [6.07, 6.45) is 6.37. The third-order valence-corrected chi connectivity index (χ3v) is 4.90. The van der Waals surface area contributed by atoms with Crippen LogP contribution in [0, 0.1) is 0 Å². The van der Waals surface area contributed by atoms with Crippen molar-refractivity contribution in [3.8, 4) is 0 Å². The van der Waals surface area contributed by atoms with Gasteiger partial charge in [-0.2, -0.15) is 0 Å². The van der Waals surface area contributed by atoms with E-state index in [1.54, 1.807) is 0 Å². The molecule has 0 aliphatic carbocycles. The number of nitrogens with two attached hydrogens (primary N) is 1. The highest BCUT2D eigenvalue weighted by atomic mass is 32.2. The van der Waals surface area contributed by atoms with Crippen molar-refractivity contribution in [3.63, 3.8) is 0 Å². The second-order valence-corrected chi connectivity index (χ2v) is 6.42. The zero-order valence-corrected chi connectivity index (χ0v) is 12.5. The fraction of sp³-hybridized carbons (Fsp3) is 0.500. The van der Waals surface area contributed by atoms with Crippen LogP contribution in [-0.2, 0) is 4.74 Å². The summed E-state index contributed by atoms with van der Waals surface area (Å²) in [7, 11) is 0. The summed E-state index contributed by atoms with van der Waals surface area (Å²) >= 11 is 1.25. The second-order valence-electron chi connectivity index (χ2n) is 5.74. The zero-order chi connectivity index (χ0) is 13.9. The van der Waals surface area contributed by atoms with E-state index in [1.807, 2.05) is 24.3 Å². The molecule has 2 fully saturated rings. The van der Waals surface area contributed by atoms with Gasteiger partial charge in [0.15, 0.2) is 0 Å². The fourth-order valence-electron chi connectivity index (χ4n) is 3.37. The van der Waals surface area contributed by atoms with E-state index in [-0.39, 0.29) is 6.10 Å². The number of nitrogens with one attached hydrogen (secondary N) is 1. The Morgan fingerprint density at radius 2 is 1.95 bits per heavy atom. The van der Waals surface area contributed by atoms with Gasteiger partial charge >= 0.3 is 0 Å². The predicted molar refractivity (Wildman–Crippen MR) is 84.2 cm³/mol. The summed E-state index contributed by atoms with van der Waals surface area (Å²) in [5.74, 6) is 0.753. The first-order valence-electron chi connectivity index (χ1n) is 7.34. The van der Waals surface area contributed by atoms with Gasteiger partial charge in [0, 0.05) is 22.5 Å². The van der Waals surface area contributed by atoms with Gasteiger partial charge in [0.25, 0.3) is 0 Å². The van der Waals surface area contributed by atoms with Crippen LogP contribution >= 0.6 is 11.9 Å². The molecule has 108 valence electrons. The predicted octanol–water partition coefficient (Wildman–Crippen LogP) is 3.31. The standard InChI is InChI=1S/C16H22N2OS/c1-11(15-7-2-3-8-16(15)20-17)19-14-9-12-5-4-6-13(10-14)18-12/h2-3,7-8,12-14,18H,1,4-6,9-10,17H2/t12-,13+,14?. The summed E-state index contributed by atoms with van der Waals surface area (Å²) in [6, 6.07) is 9.27. The number of benzene rings is 1. The van der Waals surface area contributed by atoms with Crippen LogP contribution in [0.15, 0.2) is 35.7 Å². The van der Waals surface area contributed by atoms with E-state index in [2.05, 4.69) is 11.9 Å². The van der Waals surface area contributed by atoms with Gasteiger partial charge in [0.2, 0.25) is 0 Å². The molecule has 0 radical (unpaired) electrons.